The Morgan fingerprint density at radius 1 is 1.05 bits per heavy atom. The van der Waals surface area contributed by atoms with Crippen LogP contribution in [0.1, 0.15) is 19.4 Å². The van der Waals surface area contributed by atoms with Gasteiger partial charge in [-0.1, -0.05) is 12.1 Å². The summed E-state index contributed by atoms with van der Waals surface area (Å²) in [5, 5.41) is 0. The number of rotatable bonds is 4. The van der Waals surface area contributed by atoms with Gasteiger partial charge in [-0.05, 0) is 50.6 Å². The molecule has 0 heterocycles. The van der Waals surface area contributed by atoms with E-state index in [0.717, 1.165) is 5.56 Å². The molecule has 0 radical (unpaired) electrons. The van der Waals surface area contributed by atoms with Crippen molar-refractivity contribution in [1.29, 1.82) is 0 Å². The zero-order valence-corrected chi connectivity index (χ0v) is 11.8. The first-order chi connectivity index (χ1) is 9.47. The molecule has 0 spiro atoms. The van der Waals surface area contributed by atoms with Gasteiger partial charge in [0.1, 0.15) is 11.4 Å². The van der Waals surface area contributed by atoms with Crippen LogP contribution in [0.25, 0.3) is 0 Å². The smallest absolute Gasteiger partial charge is 0.165 e. The maximum absolute atomic E-state index is 13.7. The second-order valence-corrected chi connectivity index (χ2v) is 4.87. The Labute approximate surface area is 118 Å². The fourth-order valence-electron chi connectivity index (χ4n) is 1.78. The van der Waals surface area contributed by atoms with E-state index < -0.39 is 5.82 Å². The molecule has 20 heavy (non-hydrogen) atoms. The number of aryl methyl sites for hydroxylation is 1. The third kappa shape index (κ3) is 3.20. The van der Waals surface area contributed by atoms with Crippen LogP contribution >= 0.6 is 0 Å². The molecule has 0 atom stereocenters. The van der Waals surface area contributed by atoms with Gasteiger partial charge in [-0.25, -0.2) is 4.39 Å². The number of hydrogen-bond acceptors (Lipinski definition) is 3. The van der Waals surface area contributed by atoms with Gasteiger partial charge >= 0.3 is 0 Å². The van der Waals surface area contributed by atoms with E-state index in [1.165, 1.54) is 6.07 Å². The second-order valence-electron chi connectivity index (χ2n) is 4.87. The lowest BCUT2D eigenvalue weighted by atomic mass is 10.2. The van der Waals surface area contributed by atoms with Crippen LogP contribution in [0.4, 0.5) is 10.1 Å². The van der Waals surface area contributed by atoms with Crippen molar-refractivity contribution in [3.63, 3.8) is 0 Å². The van der Waals surface area contributed by atoms with Crippen LogP contribution < -0.4 is 15.2 Å². The van der Waals surface area contributed by atoms with Crippen molar-refractivity contribution in [3.8, 4) is 17.2 Å². The van der Waals surface area contributed by atoms with Crippen LogP contribution in [0.5, 0.6) is 17.2 Å². The van der Waals surface area contributed by atoms with Gasteiger partial charge < -0.3 is 15.2 Å². The molecule has 2 rings (SSSR count). The Balaban J connectivity index is 2.32. The molecule has 0 saturated carbocycles. The highest BCUT2D eigenvalue weighted by Crippen LogP contribution is 2.35. The second kappa shape index (κ2) is 5.82. The summed E-state index contributed by atoms with van der Waals surface area (Å²) in [6.07, 6.45) is 0.00301. The van der Waals surface area contributed by atoms with Crippen LogP contribution in [0, 0.1) is 12.7 Å². The van der Waals surface area contributed by atoms with Crippen molar-refractivity contribution in [1.82, 2.24) is 0 Å². The van der Waals surface area contributed by atoms with Gasteiger partial charge in [-0.2, -0.15) is 0 Å². The number of halogens is 1. The summed E-state index contributed by atoms with van der Waals surface area (Å²) < 4.78 is 24.8. The van der Waals surface area contributed by atoms with E-state index in [0.29, 0.717) is 17.2 Å². The lowest BCUT2D eigenvalue weighted by Gasteiger charge is -2.15. The van der Waals surface area contributed by atoms with Gasteiger partial charge in [0.25, 0.3) is 0 Å². The predicted octanol–water partition coefficient (Wildman–Crippen LogP) is 4.30. The molecule has 0 saturated heterocycles. The van der Waals surface area contributed by atoms with E-state index in [1.54, 1.807) is 30.3 Å². The molecular weight excluding hydrogens is 257 g/mol. The molecule has 0 amide bonds. The van der Waals surface area contributed by atoms with Crippen molar-refractivity contribution in [2.75, 3.05) is 5.73 Å². The number of benzene rings is 2. The minimum atomic E-state index is -0.426. The van der Waals surface area contributed by atoms with Crippen LogP contribution in [-0.4, -0.2) is 6.10 Å². The molecule has 0 fully saturated rings. The molecule has 2 aromatic rings. The van der Waals surface area contributed by atoms with Gasteiger partial charge in [-0.3, -0.25) is 0 Å². The summed E-state index contributed by atoms with van der Waals surface area (Å²) in [5.74, 6) is 0.641. The first-order valence-electron chi connectivity index (χ1n) is 6.46. The molecule has 4 heteroatoms. The largest absolute Gasteiger partial charge is 0.489 e. The molecule has 0 bridgehead atoms. The van der Waals surface area contributed by atoms with E-state index in [4.69, 9.17) is 15.2 Å². The van der Waals surface area contributed by atoms with Gasteiger partial charge in [0.05, 0.1) is 6.10 Å². The van der Waals surface area contributed by atoms with Gasteiger partial charge in [0.2, 0.25) is 0 Å². The highest BCUT2D eigenvalue weighted by molar-refractivity contribution is 5.63. The highest BCUT2D eigenvalue weighted by Gasteiger charge is 2.11. The molecule has 0 aliphatic carbocycles. The minimum absolute atomic E-state index is 0.00301. The summed E-state index contributed by atoms with van der Waals surface area (Å²) in [6, 6.07) is 9.89. The predicted molar refractivity (Wildman–Crippen MR) is 77.8 cm³/mol. The average Bonchev–Trinajstić information content (AvgIpc) is 2.38. The first kappa shape index (κ1) is 14.2. The quantitative estimate of drug-likeness (QED) is 0.846. The molecular formula is C16H18FNO2. The van der Waals surface area contributed by atoms with Gasteiger partial charge in [0.15, 0.2) is 17.3 Å². The van der Waals surface area contributed by atoms with Crippen LogP contribution in [-0.2, 0) is 0 Å². The first-order valence-corrected chi connectivity index (χ1v) is 6.46. The Morgan fingerprint density at radius 3 is 2.45 bits per heavy atom. The highest BCUT2D eigenvalue weighted by atomic mass is 19.1. The number of anilines is 1. The lowest BCUT2D eigenvalue weighted by molar-refractivity contribution is 0.243. The van der Waals surface area contributed by atoms with Crippen molar-refractivity contribution in [3.05, 3.63) is 47.8 Å². The minimum Gasteiger partial charge on any atom is -0.489 e. The Morgan fingerprint density at radius 2 is 1.75 bits per heavy atom. The Hall–Kier alpha value is -2.23. The Kier molecular flexibility index (Phi) is 4.13. The maximum atomic E-state index is 13.7. The summed E-state index contributed by atoms with van der Waals surface area (Å²) in [6.45, 7) is 5.69. The third-order valence-electron chi connectivity index (χ3n) is 2.70. The lowest BCUT2D eigenvalue weighted by Crippen LogP contribution is -2.07. The number of nitrogen functional groups attached to an aromatic ring is 1. The van der Waals surface area contributed by atoms with E-state index in [2.05, 4.69) is 0 Å². The molecule has 2 aromatic carbocycles. The van der Waals surface area contributed by atoms with E-state index >= 15 is 0 Å². The van der Waals surface area contributed by atoms with Crippen molar-refractivity contribution < 1.29 is 13.9 Å². The number of para-hydroxylation sites is 1. The molecule has 106 valence electrons. The van der Waals surface area contributed by atoms with Crippen LogP contribution in [0.3, 0.4) is 0 Å². The number of hydrogen-bond donors (Lipinski definition) is 1. The number of ether oxygens (including phenoxy) is 2. The number of nitrogens with two attached hydrogens (primary N) is 1. The standard InChI is InChI=1S/C16H18FNO2/c1-10(2)19-13-5-4-6-14(16(13)18)20-15-9-11(3)7-8-12(15)17/h4-10H,18H2,1-3H3. The molecule has 0 aliphatic heterocycles. The zero-order chi connectivity index (χ0) is 14.7. The Bertz CT molecular complexity index is 611. The fraction of sp³-hybridized carbons (Fsp3) is 0.250. The molecule has 2 N–H and O–H groups in total. The van der Waals surface area contributed by atoms with Crippen LogP contribution in [0.2, 0.25) is 0 Å². The van der Waals surface area contributed by atoms with Crippen molar-refractivity contribution in [2.24, 2.45) is 0 Å². The zero-order valence-electron chi connectivity index (χ0n) is 11.8. The monoisotopic (exact) mass is 275 g/mol. The van der Waals surface area contributed by atoms with Crippen LogP contribution in [0.15, 0.2) is 36.4 Å². The normalized spacial score (nSPS) is 10.7. The summed E-state index contributed by atoms with van der Waals surface area (Å²) in [7, 11) is 0. The summed E-state index contributed by atoms with van der Waals surface area (Å²) in [5.41, 5.74) is 7.27. The van der Waals surface area contributed by atoms with Gasteiger partial charge in [-0.15, -0.1) is 0 Å². The third-order valence-corrected chi connectivity index (χ3v) is 2.70. The molecule has 0 aromatic heterocycles. The van der Waals surface area contributed by atoms with Gasteiger partial charge in [0, 0.05) is 0 Å². The molecule has 3 nitrogen and oxygen atoms in total. The average molecular weight is 275 g/mol. The topological polar surface area (TPSA) is 44.5 Å². The maximum Gasteiger partial charge on any atom is 0.165 e. The van der Waals surface area contributed by atoms with E-state index in [9.17, 15) is 4.39 Å². The fourth-order valence-corrected chi connectivity index (χ4v) is 1.78. The molecule has 0 unspecified atom stereocenters. The SMILES string of the molecule is Cc1ccc(F)c(Oc2cccc(OC(C)C)c2N)c1. The summed E-state index contributed by atoms with van der Waals surface area (Å²) in [4.78, 5) is 0. The van der Waals surface area contributed by atoms with E-state index in [1.807, 2.05) is 20.8 Å². The van der Waals surface area contributed by atoms with E-state index in [-0.39, 0.29) is 11.9 Å². The molecule has 0 aliphatic rings. The summed E-state index contributed by atoms with van der Waals surface area (Å²) >= 11 is 0. The van der Waals surface area contributed by atoms with Crippen molar-refractivity contribution in [2.45, 2.75) is 26.9 Å². The van der Waals surface area contributed by atoms with Crippen molar-refractivity contribution >= 4 is 5.69 Å².